The van der Waals surface area contributed by atoms with Gasteiger partial charge in [-0.15, -0.1) is 11.6 Å². The van der Waals surface area contributed by atoms with Gasteiger partial charge in [0.25, 0.3) is 0 Å². The number of carbonyl (C=O) groups excluding carboxylic acids is 1. The van der Waals surface area contributed by atoms with Crippen molar-refractivity contribution in [2.75, 3.05) is 24.5 Å². The fourth-order valence-corrected chi connectivity index (χ4v) is 4.06. The lowest BCUT2D eigenvalue weighted by Gasteiger charge is -2.35. The number of hydrogen-bond donors (Lipinski definition) is 0. The van der Waals surface area contributed by atoms with Gasteiger partial charge in [-0.3, -0.25) is 4.79 Å². The van der Waals surface area contributed by atoms with Gasteiger partial charge in [0.1, 0.15) is 11.2 Å². The molecule has 4 rings (SSSR count). The third-order valence-electron chi connectivity index (χ3n) is 5.38. The van der Waals surface area contributed by atoms with E-state index >= 15 is 0 Å². The predicted octanol–water partition coefficient (Wildman–Crippen LogP) is 3.65. The van der Waals surface area contributed by atoms with Gasteiger partial charge in [-0.1, -0.05) is 30.3 Å². The van der Waals surface area contributed by atoms with Crippen LogP contribution in [0.5, 0.6) is 0 Å². The molecule has 1 aromatic heterocycles. The zero-order valence-corrected chi connectivity index (χ0v) is 16.5. The summed E-state index contributed by atoms with van der Waals surface area (Å²) in [5.41, 5.74) is 3.19. The number of fused-ring (bicyclic) bond motifs is 1. The largest absolute Gasteiger partial charge is 0.356 e. The van der Waals surface area contributed by atoms with Crippen molar-refractivity contribution in [3.8, 4) is 11.4 Å². The second kappa shape index (κ2) is 7.85. The molecular formula is C21H25ClN4O. The molecular weight excluding hydrogens is 360 g/mol. The molecule has 2 aromatic rings. The minimum absolute atomic E-state index is 0.0148. The third kappa shape index (κ3) is 3.79. The van der Waals surface area contributed by atoms with Crippen LogP contribution in [-0.2, 0) is 17.8 Å². The van der Waals surface area contributed by atoms with Crippen molar-refractivity contribution >= 4 is 23.3 Å². The van der Waals surface area contributed by atoms with Crippen LogP contribution < -0.4 is 4.90 Å². The number of carbonyl (C=O) groups is 1. The summed E-state index contributed by atoms with van der Waals surface area (Å²) >= 11 is 6.05. The lowest BCUT2D eigenvalue weighted by atomic mass is 10.0. The maximum atomic E-state index is 12.4. The van der Waals surface area contributed by atoms with Crippen LogP contribution >= 0.6 is 11.6 Å². The number of aromatic nitrogens is 2. The first-order valence-electron chi connectivity index (χ1n) is 9.76. The lowest BCUT2D eigenvalue weighted by molar-refractivity contribution is -0.131. The van der Waals surface area contributed by atoms with Crippen LogP contribution in [0.4, 0.5) is 5.82 Å². The summed E-state index contributed by atoms with van der Waals surface area (Å²) in [7, 11) is 0. The molecule has 3 heterocycles. The van der Waals surface area contributed by atoms with E-state index in [1.165, 1.54) is 19.3 Å². The van der Waals surface area contributed by atoms with Crippen LogP contribution in [-0.4, -0.2) is 45.8 Å². The molecule has 1 atom stereocenters. The maximum absolute atomic E-state index is 12.4. The first-order chi connectivity index (χ1) is 13.1. The molecule has 1 aromatic carbocycles. The zero-order chi connectivity index (χ0) is 18.8. The van der Waals surface area contributed by atoms with E-state index in [0.717, 1.165) is 48.0 Å². The quantitative estimate of drug-likeness (QED) is 0.758. The molecule has 6 heteroatoms. The molecule has 1 amide bonds. The number of halogens is 1. The summed E-state index contributed by atoms with van der Waals surface area (Å²) in [6, 6.07) is 10.1. The molecule has 1 saturated heterocycles. The highest BCUT2D eigenvalue weighted by Crippen LogP contribution is 2.31. The number of amides is 1. The van der Waals surface area contributed by atoms with Crippen molar-refractivity contribution in [3.63, 3.8) is 0 Å². The second-order valence-corrected chi connectivity index (χ2v) is 7.99. The smallest absolute Gasteiger partial charge is 0.240 e. The normalized spacial score (nSPS) is 18.1. The summed E-state index contributed by atoms with van der Waals surface area (Å²) in [4.78, 5) is 26.5. The van der Waals surface area contributed by atoms with E-state index in [1.807, 2.05) is 23.1 Å². The van der Waals surface area contributed by atoms with E-state index in [9.17, 15) is 4.79 Å². The van der Waals surface area contributed by atoms with Gasteiger partial charge in [-0.2, -0.15) is 0 Å². The monoisotopic (exact) mass is 384 g/mol. The Morgan fingerprint density at radius 1 is 1.07 bits per heavy atom. The molecule has 0 bridgehead atoms. The van der Waals surface area contributed by atoms with Gasteiger partial charge in [0.05, 0.1) is 12.2 Å². The molecule has 0 spiro atoms. The topological polar surface area (TPSA) is 49.3 Å². The predicted molar refractivity (Wildman–Crippen MR) is 108 cm³/mol. The number of benzene rings is 1. The molecule has 0 unspecified atom stereocenters. The highest BCUT2D eigenvalue weighted by atomic mass is 35.5. The molecule has 2 aliphatic rings. The van der Waals surface area contributed by atoms with Gasteiger partial charge in [-0.25, -0.2) is 9.97 Å². The van der Waals surface area contributed by atoms with E-state index in [4.69, 9.17) is 21.6 Å². The Balaban J connectivity index is 1.75. The molecule has 27 heavy (non-hydrogen) atoms. The molecule has 142 valence electrons. The minimum atomic E-state index is -0.505. The molecule has 0 saturated carbocycles. The Morgan fingerprint density at radius 3 is 2.52 bits per heavy atom. The zero-order valence-electron chi connectivity index (χ0n) is 15.7. The van der Waals surface area contributed by atoms with E-state index in [-0.39, 0.29) is 5.91 Å². The number of alkyl halides is 1. The Kier molecular flexibility index (Phi) is 5.30. The first kappa shape index (κ1) is 18.2. The van der Waals surface area contributed by atoms with Gasteiger partial charge in [0.2, 0.25) is 5.91 Å². The van der Waals surface area contributed by atoms with Crippen molar-refractivity contribution in [1.82, 2.24) is 14.9 Å². The molecule has 2 aliphatic heterocycles. The van der Waals surface area contributed by atoms with Gasteiger partial charge in [0, 0.05) is 37.2 Å². The highest BCUT2D eigenvalue weighted by molar-refractivity contribution is 6.30. The Bertz CT molecular complexity index is 818. The number of anilines is 1. The van der Waals surface area contributed by atoms with Crippen molar-refractivity contribution < 1.29 is 4.79 Å². The molecule has 0 N–H and O–H groups in total. The van der Waals surface area contributed by atoms with Crippen LogP contribution in [0.25, 0.3) is 11.4 Å². The number of piperidine rings is 1. The van der Waals surface area contributed by atoms with Crippen LogP contribution in [0.3, 0.4) is 0 Å². The van der Waals surface area contributed by atoms with Crippen molar-refractivity contribution in [2.24, 2.45) is 0 Å². The Hall–Kier alpha value is -2.14. The lowest BCUT2D eigenvalue weighted by Crippen LogP contribution is -2.41. The van der Waals surface area contributed by atoms with Gasteiger partial charge < -0.3 is 9.80 Å². The summed E-state index contributed by atoms with van der Waals surface area (Å²) in [5.74, 6) is 1.76. The fraction of sp³-hybridized carbons (Fsp3) is 0.476. The highest BCUT2D eigenvalue weighted by Gasteiger charge is 2.29. The van der Waals surface area contributed by atoms with Crippen LogP contribution in [0.15, 0.2) is 30.3 Å². The Labute approximate surface area is 165 Å². The average Bonchev–Trinajstić information content (AvgIpc) is 2.73. The van der Waals surface area contributed by atoms with Crippen LogP contribution in [0.2, 0.25) is 0 Å². The summed E-state index contributed by atoms with van der Waals surface area (Å²) in [5, 5.41) is -0.505. The van der Waals surface area contributed by atoms with E-state index in [0.29, 0.717) is 13.1 Å². The van der Waals surface area contributed by atoms with E-state index in [1.54, 1.807) is 6.92 Å². The first-order valence-corrected chi connectivity index (χ1v) is 10.2. The summed E-state index contributed by atoms with van der Waals surface area (Å²) in [6.45, 7) is 4.97. The fourth-order valence-electron chi connectivity index (χ4n) is 3.92. The third-order valence-corrected chi connectivity index (χ3v) is 5.56. The van der Waals surface area contributed by atoms with E-state index < -0.39 is 5.38 Å². The SMILES string of the molecule is C[C@H](Cl)C(=O)N1CCc2nc(-c3ccccc3)nc(N3CCCCC3)c2C1. The number of hydrogen-bond acceptors (Lipinski definition) is 4. The summed E-state index contributed by atoms with van der Waals surface area (Å²) in [6.07, 6.45) is 4.37. The van der Waals surface area contributed by atoms with Crippen molar-refractivity contribution in [3.05, 3.63) is 41.6 Å². The standard InChI is InChI=1S/C21H25ClN4O/c1-15(22)21(27)26-13-10-18-17(14-26)20(25-11-6-3-7-12-25)24-19(23-18)16-8-4-2-5-9-16/h2,4-5,8-9,15H,3,6-7,10-14H2,1H3/t15-/m0/s1. The van der Waals surface area contributed by atoms with Gasteiger partial charge >= 0.3 is 0 Å². The van der Waals surface area contributed by atoms with Gasteiger partial charge in [-0.05, 0) is 26.2 Å². The maximum Gasteiger partial charge on any atom is 0.240 e. The molecule has 5 nitrogen and oxygen atoms in total. The molecule has 0 radical (unpaired) electrons. The van der Waals surface area contributed by atoms with Crippen molar-refractivity contribution in [1.29, 1.82) is 0 Å². The van der Waals surface area contributed by atoms with Crippen LogP contribution in [0.1, 0.15) is 37.4 Å². The average molecular weight is 385 g/mol. The number of nitrogens with zero attached hydrogens (tertiary/aromatic N) is 4. The Morgan fingerprint density at radius 2 is 1.81 bits per heavy atom. The molecule has 1 fully saturated rings. The van der Waals surface area contributed by atoms with Crippen LogP contribution in [0, 0.1) is 0 Å². The summed E-state index contributed by atoms with van der Waals surface area (Å²) < 4.78 is 0. The van der Waals surface area contributed by atoms with Crippen molar-refractivity contribution in [2.45, 2.75) is 44.5 Å². The minimum Gasteiger partial charge on any atom is -0.356 e. The second-order valence-electron chi connectivity index (χ2n) is 7.34. The van der Waals surface area contributed by atoms with Gasteiger partial charge in [0.15, 0.2) is 5.82 Å². The van der Waals surface area contributed by atoms with E-state index in [2.05, 4.69) is 17.0 Å². The number of rotatable bonds is 3. The molecule has 0 aliphatic carbocycles.